The van der Waals surface area contributed by atoms with Crippen LogP contribution in [0.5, 0.6) is 0 Å². The molecule has 2 rings (SSSR count). The normalized spacial score (nSPS) is 18.6. The minimum Gasteiger partial charge on any atom is -0.398 e. The van der Waals surface area contributed by atoms with Gasteiger partial charge in [0.15, 0.2) is 0 Å². The van der Waals surface area contributed by atoms with E-state index in [1.54, 1.807) is 25.1 Å². The summed E-state index contributed by atoms with van der Waals surface area (Å²) in [6, 6.07) is 4.96. The van der Waals surface area contributed by atoms with Gasteiger partial charge in [0.05, 0.1) is 4.90 Å². The Morgan fingerprint density at radius 2 is 2.00 bits per heavy atom. The molecule has 0 saturated carbocycles. The van der Waals surface area contributed by atoms with E-state index >= 15 is 0 Å². The Labute approximate surface area is 114 Å². The van der Waals surface area contributed by atoms with Crippen LogP contribution in [-0.4, -0.2) is 37.5 Å². The van der Waals surface area contributed by atoms with E-state index in [0.717, 1.165) is 0 Å². The van der Waals surface area contributed by atoms with Crippen LogP contribution in [0.2, 0.25) is 0 Å². The van der Waals surface area contributed by atoms with Crippen molar-refractivity contribution in [3.63, 3.8) is 0 Å². The van der Waals surface area contributed by atoms with Gasteiger partial charge >= 0.3 is 0 Å². The zero-order valence-corrected chi connectivity index (χ0v) is 11.9. The SMILES string of the molecule is Cc1c(N)cccc1S(=O)(=O)N1CCC(CO)CC1. The van der Waals surface area contributed by atoms with Gasteiger partial charge in [-0.3, -0.25) is 0 Å². The van der Waals surface area contributed by atoms with Crippen LogP contribution >= 0.6 is 0 Å². The number of nitrogens with two attached hydrogens (primary N) is 1. The molecule has 106 valence electrons. The average Bonchev–Trinajstić information content (AvgIpc) is 2.41. The molecule has 3 N–H and O–H groups in total. The summed E-state index contributed by atoms with van der Waals surface area (Å²) in [5, 5.41) is 9.09. The molecule has 0 aromatic heterocycles. The molecule has 1 aliphatic rings. The number of hydrogen-bond donors (Lipinski definition) is 2. The second kappa shape index (κ2) is 5.48. The van der Waals surface area contributed by atoms with E-state index in [-0.39, 0.29) is 17.4 Å². The van der Waals surface area contributed by atoms with Crippen molar-refractivity contribution in [2.75, 3.05) is 25.4 Å². The molecule has 19 heavy (non-hydrogen) atoms. The highest BCUT2D eigenvalue weighted by molar-refractivity contribution is 7.89. The topological polar surface area (TPSA) is 83.6 Å². The van der Waals surface area contributed by atoms with Crippen LogP contribution in [0.3, 0.4) is 0 Å². The highest BCUT2D eigenvalue weighted by atomic mass is 32.2. The summed E-state index contributed by atoms with van der Waals surface area (Å²) in [5.74, 6) is 0.216. The maximum absolute atomic E-state index is 12.6. The number of nitrogen functional groups attached to an aromatic ring is 1. The number of benzene rings is 1. The van der Waals surface area contributed by atoms with Crippen molar-refractivity contribution in [3.05, 3.63) is 23.8 Å². The summed E-state index contributed by atoms with van der Waals surface area (Å²) in [7, 11) is -3.48. The number of anilines is 1. The number of aliphatic hydroxyl groups excluding tert-OH is 1. The lowest BCUT2D eigenvalue weighted by Crippen LogP contribution is -2.39. The molecule has 0 atom stereocenters. The van der Waals surface area contributed by atoms with E-state index in [1.807, 2.05) is 0 Å². The van der Waals surface area contributed by atoms with E-state index in [2.05, 4.69) is 0 Å². The zero-order valence-electron chi connectivity index (χ0n) is 11.0. The van der Waals surface area contributed by atoms with E-state index in [0.29, 0.717) is 37.2 Å². The molecule has 1 aliphatic heterocycles. The summed E-state index contributed by atoms with van der Waals surface area (Å²) in [5.41, 5.74) is 6.87. The number of sulfonamides is 1. The highest BCUT2D eigenvalue weighted by Gasteiger charge is 2.30. The van der Waals surface area contributed by atoms with Crippen LogP contribution in [-0.2, 0) is 10.0 Å². The molecule has 1 heterocycles. The van der Waals surface area contributed by atoms with Crippen molar-refractivity contribution < 1.29 is 13.5 Å². The molecule has 0 aliphatic carbocycles. The molecular formula is C13H20N2O3S. The minimum atomic E-state index is -3.48. The van der Waals surface area contributed by atoms with Crippen molar-refractivity contribution in [2.45, 2.75) is 24.7 Å². The van der Waals surface area contributed by atoms with E-state index in [1.165, 1.54) is 4.31 Å². The molecule has 1 aromatic carbocycles. The predicted octanol–water partition coefficient (Wildman–Crippen LogP) is 0.970. The Balaban J connectivity index is 2.26. The molecule has 0 amide bonds. The lowest BCUT2D eigenvalue weighted by atomic mass is 10.00. The van der Waals surface area contributed by atoms with Gasteiger partial charge in [-0.2, -0.15) is 4.31 Å². The zero-order chi connectivity index (χ0) is 14.0. The third kappa shape index (κ3) is 2.75. The average molecular weight is 284 g/mol. The van der Waals surface area contributed by atoms with Gasteiger partial charge in [0.25, 0.3) is 0 Å². The predicted molar refractivity (Wildman–Crippen MR) is 74.2 cm³/mol. The van der Waals surface area contributed by atoms with E-state index in [4.69, 9.17) is 10.8 Å². The minimum absolute atomic E-state index is 0.130. The van der Waals surface area contributed by atoms with Gasteiger partial charge < -0.3 is 10.8 Å². The fraction of sp³-hybridized carbons (Fsp3) is 0.538. The Hall–Kier alpha value is -1.11. The Bertz CT molecular complexity index is 549. The molecule has 5 nitrogen and oxygen atoms in total. The van der Waals surface area contributed by atoms with Crippen molar-refractivity contribution in [2.24, 2.45) is 5.92 Å². The van der Waals surface area contributed by atoms with Gasteiger partial charge in [-0.15, -0.1) is 0 Å². The summed E-state index contributed by atoms with van der Waals surface area (Å²) in [6.45, 7) is 2.78. The second-order valence-electron chi connectivity index (χ2n) is 5.00. The number of piperidine rings is 1. The first-order chi connectivity index (χ1) is 8.96. The van der Waals surface area contributed by atoms with Gasteiger partial charge in [0.1, 0.15) is 0 Å². The molecule has 0 unspecified atom stereocenters. The van der Waals surface area contributed by atoms with E-state index in [9.17, 15) is 8.42 Å². The standard InChI is InChI=1S/C13H20N2O3S/c1-10-12(14)3-2-4-13(10)19(17,18)15-7-5-11(9-16)6-8-15/h2-4,11,16H,5-9,14H2,1H3. The molecule has 1 saturated heterocycles. The van der Waals surface area contributed by atoms with Crippen LogP contribution in [0.15, 0.2) is 23.1 Å². The second-order valence-corrected chi connectivity index (χ2v) is 6.91. The van der Waals surface area contributed by atoms with Crippen LogP contribution in [0.25, 0.3) is 0 Å². The number of rotatable bonds is 3. The number of hydrogen-bond acceptors (Lipinski definition) is 4. The summed E-state index contributed by atoms with van der Waals surface area (Å²) >= 11 is 0. The van der Waals surface area contributed by atoms with Gasteiger partial charge in [0.2, 0.25) is 10.0 Å². The first-order valence-electron chi connectivity index (χ1n) is 6.43. The van der Waals surface area contributed by atoms with Crippen molar-refractivity contribution in [1.29, 1.82) is 0 Å². The number of aliphatic hydroxyl groups is 1. The molecular weight excluding hydrogens is 264 g/mol. The van der Waals surface area contributed by atoms with Crippen molar-refractivity contribution >= 4 is 15.7 Å². The maximum atomic E-state index is 12.6. The smallest absolute Gasteiger partial charge is 0.243 e. The third-order valence-corrected chi connectivity index (χ3v) is 5.82. The summed E-state index contributed by atoms with van der Waals surface area (Å²) in [6.07, 6.45) is 1.41. The van der Waals surface area contributed by atoms with E-state index < -0.39 is 10.0 Å². The maximum Gasteiger partial charge on any atom is 0.243 e. The van der Waals surface area contributed by atoms with Crippen molar-refractivity contribution in [1.82, 2.24) is 4.31 Å². The molecule has 0 radical (unpaired) electrons. The summed E-state index contributed by atoms with van der Waals surface area (Å²) < 4.78 is 26.6. The fourth-order valence-electron chi connectivity index (χ4n) is 2.38. The molecule has 0 spiro atoms. The first kappa shape index (κ1) is 14.3. The van der Waals surface area contributed by atoms with Gasteiger partial charge in [-0.25, -0.2) is 8.42 Å². The lowest BCUT2D eigenvalue weighted by Gasteiger charge is -2.30. The summed E-state index contributed by atoms with van der Waals surface area (Å²) in [4.78, 5) is 0.287. The molecule has 1 aromatic rings. The monoisotopic (exact) mass is 284 g/mol. The van der Waals surface area contributed by atoms with Crippen LogP contribution in [0, 0.1) is 12.8 Å². The van der Waals surface area contributed by atoms with Crippen molar-refractivity contribution in [3.8, 4) is 0 Å². The largest absolute Gasteiger partial charge is 0.398 e. The highest BCUT2D eigenvalue weighted by Crippen LogP contribution is 2.27. The first-order valence-corrected chi connectivity index (χ1v) is 7.87. The molecule has 0 bridgehead atoms. The number of nitrogens with zero attached hydrogens (tertiary/aromatic N) is 1. The Kier molecular flexibility index (Phi) is 4.13. The van der Waals surface area contributed by atoms with Gasteiger partial charge in [-0.1, -0.05) is 6.07 Å². The fourth-order valence-corrected chi connectivity index (χ4v) is 4.11. The Morgan fingerprint density at radius 3 is 2.58 bits per heavy atom. The molecule has 1 fully saturated rings. The quantitative estimate of drug-likeness (QED) is 0.810. The van der Waals surface area contributed by atoms with Gasteiger partial charge in [0, 0.05) is 25.4 Å². The molecule has 6 heteroatoms. The Morgan fingerprint density at radius 1 is 1.37 bits per heavy atom. The van der Waals surface area contributed by atoms with Crippen LogP contribution < -0.4 is 5.73 Å². The van der Waals surface area contributed by atoms with Crippen LogP contribution in [0.4, 0.5) is 5.69 Å². The third-order valence-electron chi connectivity index (χ3n) is 3.78. The van der Waals surface area contributed by atoms with Gasteiger partial charge in [-0.05, 0) is 43.4 Å². The lowest BCUT2D eigenvalue weighted by molar-refractivity contribution is 0.170. The van der Waals surface area contributed by atoms with Crippen LogP contribution in [0.1, 0.15) is 18.4 Å².